The van der Waals surface area contributed by atoms with Gasteiger partial charge in [0.1, 0.15) is 22.3 Å². The Morgan fingerprint density at radius 2 is 1.82 bits per heavy atom. The Morgan fingerprint density at radius 1 is 1.18 bits per heavy atom. The van der Waals surface area contributed by atoms with Gasteiger partial charge < -0.3 is 9.47 Å². The monoisotopic (exact) mass is 318 g/mol. The molecule has 0 N–H and O–H groups in total. The first-order chi connectivity index (χ1) is 7.88. The Balaban J connectivity index is 3.03. The van der Waals surface area contributed by atoms with Crippen molar-refractivity contribution in [2.75, 3.05) is 20.3 Å². The largest absolute Gasteiger partial charge is 0.490 e. The van der Waals surface area contributed by atoms with Gasteiger partial charge >= 0.3 is 0 Å². The number of ether oxygens (including phenoxy) is 2. The zero-order chi connectivity index (χ0) is 13.1. The third-order valence-corrected chi connectivity index (χ3v) is 4.16. The highest BCUT2D eigenvalue weighted by molar-refractivity contribution is 8.13. The maximum atomic E-state index is 11.1. The predicted molar refractivity (Wildman–Crippen MR) is 66.9 cm³/mol. The zero-order valence-corrected chi connectivity index (χ0v) is 11.8. The van der Waals surface area contributed by atoms with Crippen molar-refractivity contribution in [3.8, 4) is 5.75 Å². The van der Waals surface area contributed by atoms with Crippen molar-refractivity contribution in [3.63, 3.8) is 0 Å². The lowest BCUT2D eigenvalue weighted by molar-refractivity contribution is 0.146. The Hall–Kier alpha value is -0.200. The van der Waals surface area contributed by atoms with Gasteiger partial charge in [-0.2, -0.15) is 0 Å². The van der Waals surface area contributed by atoms with Crippen LogP contribution in [-0.4, -0.2) is 28.7 Å². The van der Waals surface area contributed by atoms with E-state index in [2.05, 4.69) is 0 Å². The summed E-state index contributed by atoms with van der Waals surface area (Å²) >= 11 is 11.7. The number of methoxy groups -OCH3 is 1. The van der Waals surface area contributed by atoms with Gasteiger partial charge in [-0.15, -0.1) is 0 Å². The van der Waals surface area contributed by atoms with Crippen LogP contribution in [0.1, 0.15) is 0 Å². The van der Waals surface area contributed by atoms with Gasteiger partial charge in [0.25, 0.3) is 9.05 Å². The average Bonchev–Trinajstić information content (AvgIpc) is 2.23. The topological polar surface area (TPSA) is 52.6 Å². The van der Waals surface area contributed by atoms with Gasteiger partial charge in [-0.1, -0.05) is 23.2 Å². The van der Waals surface area contributed by atoms with Gasteiger partial charge in [0.15, 0.2) is 0 Å². The summed E-state index contributed by atoms with van der Waals surface area (Å²) in [5.41, 5.74) is 0. The van der Waals surface area contributed by atoms with Crippen molar-refractivity contribution in [2.45, 2.75) is 4.90 Å². The molecule has 0 fully saturated rings. The minimum atomic E-state index is -3.92. The molecule has 0 amide bonds. The molecule has 0 aliphatic heterocycles. The minimum Gasteiger partial charge on any atom is -0.490 e. The summed E-state index contributed by atoms with van der Waals surface area (Å²) in [6, 6.07) is 2.62. The fraction of sp³-hybridized carbons (Fsp3) is 0.333. The van der Waals surface area contributed by atoms with E-state index < -0.39 is 9.05 Å². The third-order valence-electron chi connectivity index (χ3n) is 1.82. The van der Waals surface area contributed by atoms with Crippen molar-refractivity contribution in [1.82, 2.24) is 0 Å². The first-order valence-corrected chi connectivity index (χ1v) is 7.49. The lowest BCUT2D eigenvalue weighted by atomic mass is 10.3. The molecule has 0 saturated carbocycles. The van der Waals surface area contributed by atoms with Gasteiger partial charge in [0.2, 0.25) is 0 Å². The van der Waals surface area contributed by atoms with Crippen LogP contribution in [0, 0.1) is 0 Å². The van der Waals surface area contributed by atoms with Gasteiger partial charge in [-0.05, 0) is 12.1 Å². The van der Waals surface area contributed by atoms with Crippen molar-refractivity contribution in [3.05, 3.63) is 22.2 Å². The Kier molecular flexibility index (Phi) is 5.34. The van der Waals surface area contributed by atoms with Crippen molar-refractivity contribution in [2.24, 2.45) is 0 Å². The normalized spacial score (nSPS) is 11.5. The molecule has 0 aromatic heterocycles. The molecular weight excluding hydrogens is 311 g/mol. The van der Waals surface area contributed by atoms with Crippen LogP contribution in [0.3, 0.4) is 0 Å². The van der Waals surface area contributed by atoms with E-state index in [1.807, 2.05) is 0 Å². The Labute approximate surface area is 114 Å². The number of hydrogen-bond acceptors (Lipinski definition) is 4. The summed E-state index contributed by atoms with van der Waals surface area (Å²) in [7, 11) is 2.79. The predicted octanol–water partition coefficient (Wildman–Crippen LogP) is 2.95. The molecule has 0 atom stereocenters. The molecule has 0 spiro atoms. The highest BCUT2D eigenvalue weighted by Crippen LogP contribution is 2.37. The summed E-state index contributed by atoms with van der Waals surface area (Å²) in [5, 5.41) is -0.152. The van der Waals surface area contributed by atoms with E-state index in [-0.39, 0.29) is 27.3 Å². The van der Waals surface area contributed by atoms with E-state index in [4.69, 9.17) is 43.4 Å². The van der Waals surface area contributed by atoms with Gasteiger partial charge in [-0.3, -0.25) is 0 Å². The van der Waals surface area contributed by atoms with Crippen molar-refractivity contribution >= 4 is 42.9 Å². The summed E-state index contributed by atoms with van der Waals surface area (Å²) in [5.74, 6) is 0.276. The van der Waals surface area contributed by atoms with E-state index in [1.54, 1.807) is 0 Å². The molecule has 17 heavy (non-hydrogen) atoms. The molecule has 0 unspecified atom stereocenters. The van der Waals surface area contributed by atoms with Crippen LogP contribution in [0.5, 0.6) is 5.75 Å². The summed E-state index contributed by atoms with van der Waals surface area (Å²) in [4.78, 5) is -0.245. The van der Waals surface area contributed by atoms with Gasteiger partial charge in [0.05, 0.1) is 11.6 Å². The zero-order valence-electron chi connectivity index (χ0n) is 8.74. The van der Waals surface area contributed by atoms with Crippen LogP contribution in [0.2, 0.25) is 10.0 Å². The molecule has 0 aliphatic carbocycles. The van der Waals surface area contributed by atoms with Gasteiger partial charge in [0, 0.05) is 17.8 Å². The second-order valence-electron chi connectivity index (χ2n) is 2.97. The lowest BCUT2D eigenvalue weighted by Gasteiger charge is -2.10. The van der Waals surface area contributed by atoms with E-state index in [0.717, 1.165) is 0 Å². The summed E-state index contributed by atoms with van der Waals surface area (Å²) < 4.78 is 32.3. The second kappa shape index (κ2) is 6.11. The van der Waals surface area contributed by atoms with Gasteiger partial charge in [-0.25, -0.2) is 8.42 Å². The standard InChI is InChI=1S/C9H9Cl3O4S/c1-15-4-5-16-6-2-3-7(17(12,13)14)9(11)8(6)10/h2-3H,4-5H2,1H3. The molecule has 0 aliphatic rings. The molecule has 1 rings (SSSR count). The fourth-order valence-electron chi connectivity index (χ4n) is 1.05. The van der Waals surface area contributed by atoms with E-state index in [0.29, 0.717) is 6.61 Å². The summed E-state index contributed by atoms with van der Waals surface area (Å²) in [6.45, 7) is 0.656. The van der Waals surface area contributed by atoms with Crippen LogP contribution < -0.4 is 4.74 Å². The molecule has 4 nitrogen and oxygen atoms in total. The second-order valence-corrected chi connectivity index (χ2v) is 6.26. The molecule has 0 heterocycles. The van der Waals surface area contributed by atoms with E-state index in [9.17, 15) is 8.42 Å². The highest BCUT2D eigenvalue weighted by atomic mass is 35.7. The van der Waals surface area contributed by atoms with Crippen LogP contribution >= 0.6 is 33.9 Å². The lowest BCUT2D eigenvalue weighted by Crippen LogP contribution is -2.05. The van der Waals surface area contributed by atoms with Crippen LogP contribution in [0.4, 0.5) is 0 Å². The number of rotatable bonds is 5. The molecule has 96 valence electrons. The average molecular weight is 320 g/mol. The van der Waals surface area contributed by atoms with E-state index in [1.165, 1.54) is 19.2 Å². The van der Waals surface area contributed by atoms with Crippen molar-refractivity contribution in [1.29, 1.82) is 0 Å². The van der Waals surface area contributed by atoms with E-state index >= 15 is 0 Å². The molecule has 0 saturated heterocycles. The molecule has 0 radical (unpaired) electrons. The molecule has 1 aromatic carbocycles. The molecule has 1 aromatic rings. The first kappa shape index (κ1) is 14.9. The number of hydrogen-bond donors (Lipinski definition) is 0. The maximum Gasteiger partial charge on any atom is 0.262 e. The Morgan fingerprint density at radius 3 is 2.35 bits per heavy atom. The summed E-state index contributed by atoms with van der Waals surface area (Å²) in [6.07, 6.45) is 0. The SMILES string of the molecule is COCCOc1ccc(S(=O)(=O)Cl)c(Cl)c1Cl. The van der Waals surface area contributed by atoms with Crippen LogP contribution in [0.25, 0.3) is 0 Å². The molecule has 0 bridgehead atoms. The van der Waals surface area contributed by atoms with Crippen LogP contribution in [-0.2, 0) is 13.8 Å². The number of halogens is 3. The minimum absolute atomic E-state index is 0.00416. The van der Waals surface area contributed by atoms with Crippen LogP contribution in [0.15, 0.2) is 17.0 Å². The third kappa shape index (κ3) is 3.89. The molecule has 8 heteroatoms. The number of benzene rings is 1. The fourth-order valence-corrected chi connectivity index (χ4v) is 2.84. The Bertz CT molecular complexity index is 501. The maximum absolute atomic E-state index is 11.1. The first-order valence-electron chi connectivity index (χ1n) is 4.42. The highest BCUT2D eigenvalue weighted by Gasteiger charge is 2.19. The quantitative estimate of drug-likeness (QED) is 0.618. The smallest absolute Gasteiger partial charge is 0.262 e. The van der Waals surface area contributed by atoms with Crippen molar-refractivity contribution < 1.29 is 17.9 Å². The molecular formula is C9H9Cl3O4S.